The van der Waals surface area contributed by atoms with E-state index >= 15 is 0 Å². The number of alkyl halides is 3. The third-order valence-corrected chi connectivity index (χ3v) is 3.60. The minimum absolute atomic E-state index is 0.111. The van der Waals surface area contributed by atoms with Crippen LogP contribution in [-0.2, 0) is 12.7 Å². The molecule has 0 atom stereocenters. The lowest BCUT2D eigenvalue weighted by molar-refractivity contribution is -0.159. The van der Waals surface area contributed by atoms with Crippen LogP contribution >= 0.6 is 15.9 Å². The summed E-state index contributed by atoms with van der Waals surface area (Å²) in [5.41, 5.74) is 2.06. The van der Waals surface area contributed by atoms with Crippen molar-refractivity contribution in [2.45, 2.75) is 12.7 Å². The van der Waals surface area contributed by atoms with Gasteiger partial charge in [0.05, 0.1) is 12.2 Å². The van der Waals surface area contributed by atoms with Crippen molar-refractivity contribution in [2.24, 2.45) is 5.10 Å². The van der Waals surface area contributed by atoms with Crippen LogP contribution in [0.4, 0.5) is 13.2 Å². The lowest BCUT2D eigenvalue weighted by Crippen LogP contribution is -2.18. The average Bonchev–Trinajstić information content (AvgIpc) is 3.02. The van der Waals surface area contributed by atoms with E-state index in [1.165, 1.54) is 0 Å². The standard InChI is InChI=1S/C15H10BrF3N4O/c1-9-2-7-12(16)21-23(9)8-10-3-5-11(6-4-10)13-20-14(24-22-13)15(17,18)19/h2-7H,1,8H2. The molecule has 2 heterocycles. The lowest BCUT2D eigenvalue weighted by Gasteiger charge is -2.22. The number of hydrogen-bond acceptors (Lipinski definition) is 5. The van der Waals surface area contributed by atoms with E-state index in [4.69, 9.17) is 0 Å². The fourth-order valence-electron chi connectivity index (χ4n) is 1.99. The zero-order valence-electron chi connectivity index (χ0n) is 12.1. The molecule has 1 aliphatic heterocycles. The third-order valence-electron chi connectivity index (χ3n) is 3.17. The van der Waals surface area contributed by atoms with Gasteiger partial charge in [0, 0.05) is 5.56 Å². The van der Waals surface area contributed by atoms with E-state index in [2.05, 4.69) is 42.3 Å². The van der Waals surface area contributed by atoms with Crippen LogP contribution in [0.2, 0.25) is 0 Å². The average molecular weight is 399 g/mol. The predicted molar refractivity (Wildman–Crippen MR) is 84.9 cm³/mol. The molecule has 0 saturated heterocycles. The van der Waals surface area contributed by atoms with Gasteiger partial charge in [-0.25, -0.2) is 0 Å². The van der Waals surface area contributed by atoms with Gasteiger partial charge in [0.25, 0.3) is 0 Å². The summed E-state index contributed by atoms with van der Waals surface area (Å²) < 4.78 is 42.3. The largest absolute Gasteiger partial charge is 0.471 e. The molecule has 9 heteroatoms. The zero-order valence-corrected chi connectivity index (χ0v) is 13.7. The first-order chi connectivity index (χ1) is 11.3. The molecule has 1 aromatic heterocycles. The molecule has 0 saturated carbocycles. The number of nitrogens with zero attached hydrogens (tertiary/aromatic N) is 4. The highest BCUT2D eigenvalue weighted by atomic mass is 79.9. The van der Waals surface area contributed by atoms with Crippen molar-refractivity contribution in [1.29, 1.82) is 0 Å². The molecule has 0 spiro atoms. The molecule has 0 aliphatic carbocycles. The molecule has 5 nitrogen and oxygen atoms in total. The predicted octanol–water partition coefficient (Wildman–Crippen LogP) is 4.35. The molecule has 0 unspecified atom stereocenters. The van der Waals surface area contributed by atoms with Crippen LogP contribution in [0.5, 0.6) is 0 Å². The van der Waals surface area contributed by atoms with Crippen molar-refractivity contribution in [3.63, 3.8) is 0 Å². The van der Waals surface area contributed by atoms with Gasteiger partial charge in [-0.3, -0.25) is 5.01 Å². The summed E-state index contributed by atoms with van der Waals surface area (Å²) in [7, 11) is 0. The molecule has 24 heavy (non-hydrogen) atoms. The van der Waals surface area contributed by atoms with Crippen molar-refractivity contribution >= 4 is 20.6 Å². The van der Waals surface area contributed by atoms with Gasteiger partial charge in [0.15, 0.2) is 0 Å². The fraction of sp³-hybridized carbons (Fsp3) is 0.133. The lowest BCUT2D eigenvalue weighted by atomic mass is 10.1. The molecule has 0 amide bonds. The maximum Gasteiger partial charge on any atom is 0.471 e. The van der Waals surface area contributed by atoms with Crippen molar-refractivity contribution in [3.8, 4) is 11.4 Å². The second-order valence-corrected chi connectivity index (χ2v) is 5.74. The number of benzene rings is 1. The number of hydrogen-bond donors (Lipinski definition) is 0. The van der Waals surface area contributed by atoms with E-state index in [1.807, 2.05) is 6.08 Å². The SMILES string of the molecule is C=C1C=CC(Br)=NN1Cc1ccc(-c2noc(C(F)(F)F)n2)cc1. The van der Waals surface area contributed by atoms with Crippen LogP contribution in [0.3, 0.4) is 0 Å². The van der Waals surface area contributed by atoms with Crippen molar-refractivity contribution < 1.29 is 17.7 Å². The smallest absolute Gasteiger partial charge is 0.329 e. The molecule has 0 bridgehead atoms. The first-order valence-corrected chi connectivity index (χ1v) is 7.51. The molecule has 3 rings (SSSR count). The second kappa shape index (κ2) is 6.23. The summed E-state index contributed by atoms with van der Waals surface area (Å²) in [6, 6.07) is 6.77. The number of hydrazone groups is 1. The Morgan fingerprint density at radius 3 is 2.50 bits per heavy atom. The zero-order chi connectivity index (χ0) is 17.3. The van der Waals surface area contributed by atoms with Gasteiger partial charge in [-0.05, 0) is 33.6 Å². The number of halogens is 4. The highest BCUT2D eigenvalue weighted by Crippen LogP contribution is 2.29. The topological polar surface area (TPSA) is 54.5 Å². The molecule has 124 valence electrons. The third kappa shape index (κ3) is 3.56. The van der Waals surface area contributed by atoms with Gasteiger partial charge in [-0.2, -0.15) is 23.3 Å². The highest BCUT2D eigenvalue weighted by Gasteiger charge is 2.38. The molecule has 0 radical (unpaired) electrons. The van der Waals surface area contributed by atoms with Crippen LogP contribution in [0, 0.1) is 0 Å². The Hall–Kier alpha value is -2.42. The van der Waals surface area contributed by atoms with E-state index in [0.717, 1.165) is 11.3 Å². The molecular weight excluding hydrogens is 389 g/mol. The maximum absolute atomic E-state index is 12.5. The molecular formula is C15H10BrF3N4O. The maximum atomic E-state index is 12.5. The molecule has 2 aromatic rings. The van der Waals surface area contributed by atoms with Crippen LogP contribution in [0.15, 0.2) is 58.3 Å². The van der Waals surface area contributed by atoms with Gasteiger partial charge >= 0.3 is 12.1 Å². The van der Waals surface area contributed by atoms with E-state index in [0.29, 0.717) is 16.7 Å². The summed E-state index contributed by atoms with van der Waals surface area (Å²) in [5, 5.41) is 9.34. The minimum Gasteiger partial charge on any atom is -0.329 e. The summed E-state index contributed by atoms with van der Waals surface area (Å²) in [6.45, 7) is 4.36. The minimum atomic E-state index is -4.65. The Balaban J connectivity index is 1.75. The summed E-state index contributed by atoms with van der Waals surface area (Å²) in [5.74, 6) is -1.47. The Labute approximate surface area is 143 Å². The van der Waals surface area contributed by atoms with Gasteiger partial charge in [0.1, 0.15) is 4.62 Å². The Morgan fingerprint density at radius 1 is 1.17 bits per heavy atom. The Morgan fingerprint density at radius 2 is 1.88 bits per heavy atom. The van der Waals surface area contributed by atoms with Gasteiger partial charge in [-0.1, -0.05) is 36.0 Å². The van der Waals surface area contributed by atoms with Crippen LogP contribution in [-0.4, -0.2) is 19.8 Å². The normalized spacial score (nSPS) is 14.9. The van der Waals surface area contributed by atoms with Crippen molar-refractivity contribution in [3.05, 3.63) is 60.1 Å². The number of rotatable bonds is 3. The van der Waals surface area contributed by atoms with Crippen LogP contribution < -0.4 is 0 Å². The van der Waals surface area contributed by atoms with Crippen molar-refractivity contribution in [2.75, 3.05) is 0 Å². The Kier molecular flexibility index (Phi) is 4.27. The van der Waals surface area contributed by atoms with Gasteiger partial charge < -0.3 is 4.52 Å². The van der Waals surface area contributed by atoms with E-state index in [-0.39, 0.29) is 5.82 Å². The van der Waals surface area contributed by atoms with E-state index < -0.39 is 12.1 Å². The van der Waals surface area contributed by atoms with Gasteiger partial charge in [0.2, 0.25) is 5.82 Å². The Bertz CT molecular complexity index is 824. The summed E-state index contributed by atoms with van der Waals surface area (Å²) in [4.78, 5) is 3.35. The number of aromatic nitrogens is 2. The van der Waals surface area contributed by atoms with Crippen molar-refractivity contribution in [1.82, 2.24) is 15.1 Å². The first-order valence-electron chi connectivity index (χ1n) is 6.72. The molecule has 0 N–H and O–H groups in total. The summed E-state index contributed by atoms with van der Waals surface area (Å²) >= 11 is 3.29. The monoisotopic (exact) mass is 398 g/mol. The quantitative estimate of drug-likeness (QED) is 0.770. The van der Waals surface area contributed by atoms with E-state index in [1.54, 1.807) is 35.4 Å². The molecule has 0 fully saturated rings. The number of allylic oxidation sites excluding steroid dienone is 2. The molecule has 1 aromatic carbocycles. The molecule has 1 aliphatic rings. The van der Waals surface area contributed by atoms with Crippen LogP contribution in [0.25, 0.3) is 11.4 Å². The first kappa shape index (κ1) is 16.4. The highest BCUT2D eigenvalue weighted by molar-refractivity contribution is 9.18. The fourth-order valence-corrected chi connectivity index (χ4v) is 2.31. The van der Waals surface area contributed by atoms with Crippen LogP contribution in [0.1, 0.15) is 11.5 Å². The van der Waals surface area contributed by atoms with E-state index in [9.17, 15) is 13.2 Å². The summed E-state index contributed by atoms with van der Waals surface area (Å²) in [6.07, 6.45) is -1.04. The van der Waals surface area contributed by atoms with Gasteiger partial charge in [-0.15, -0.1) is 0 Å². The second-order valence-electron chi connectivity index (χ2n) is 4.92.